The van der Waals surface area contributed by atoms with Gasteiger partial charge in [-0.3, -0.25) is 14.4 Å². The molecule has 4 atom stereocenters. The number of nitrogens with zero attached hydrogens (tertiary/aromatic N) is 2. The highest BCUT2D eigenvalue weighted by Crippen LogP contribution is 2.74. The van der Waals surface area contributed by atoms with Gasteiger partial charge in [-0.05, 0) is 33.6 Å². The highest BCUT2D eigenvalue weighted by Gasteiger charge is 2.72. The van der Waals surface area contributed by atoms with Gasteiger partial charge in [0.05, 0.1) is 17.7 Å². The van der Waals surface area contributed by atoms with Crippen LogP contribution in [0.5, 0.6) is 0 Å². The molecule has 0 aromatic carbocycles. The number of carbonyl (C=O) groups is 4. The number of likely N-dealkylation sites (tertiary alicyclic amines) is 1. The first-order valence-electron chi connectivity index (χ1n) is 9.17. The van der Waals surface area contributed by atoms with Crippen LogP contribution in [-0.2, 0) is 14.4 Å². The maximum atomic E-state index is 13.7. The van der Waals surface area contributed by atoms with Gasteiger partial charge in [0.1, 0.15) is 12.1 Å². The third-order valence-electron chi connectivity index (χ3n) is 6.18. The molecular formula is C17H27N3O6S. The Hall–Kier alpha value is -1.81. The van der Waals surface area contributed by atoms with E-state index < -0.39 is 44.1 Å². The Kier molecular flexibility index (Phi) is 4.92. The second kappa shape index (κ2) is 6.66. The minimum absolute atomic E-state index is 0.0640. The monoisotopic (exact) mass is 401 g/mol. The number of likely N-dealkylation sites (N-methyl/N-ethyl adjacent to an activating group) is 1. The number of rotatable bonds is 4. The predicted octanol–water partition coefficient (Wildman–Crippen LogP) is 0.265. The number of aliphatic hydroxyl groups excluding tert-OH is 1. The smallest absolute Gasteiger partial charge is 0.327 e. The van der Waals surface area contributed by atoms with Gasteiger partial charge >= 0.3 is 5.97 Å². The largest absolute Gasteiger partial charge is 0.480 e. The van der Waals surface area contributed by atoms with Gasteiger partial charge in [0.15, 0.2) is 0 Å². The molecule has 152 valence electrons. The molecule has 1 unspecified atom stereocenters. The summed E-state index contributed by atoms with van der Waals surface area (Å²) in [5, 5.41) is 21.9. The summed E-state index contributed by atoms with van der Waals surface area (Å²) in [5.74, 6) is -2.20. The van der Waals surface area contributed by atoms with Crippen molar-refractivity contribution in [2.24, 2.45) is 0 Å². The number of carboxylic acid groups (broad SMARTS) is 1. The van der Waals surface area contributed by atoms with Crippen molar-refractivity contribution in [2.75, 3.05) is 19.0 Å². The molecule has 9 nitrogen and oxygen atoms in total. The zero-order valence-corrected chi connectivity index (χ0v) is 16.6. The summed E-state index contributed by atoms with van der Waals surface area (Å²) < 4.78 is -1.10. The second-order valence-electron chi connectivity index (χ2n) is 7.74. The molecule has 0 saturated carbocycles. The van der Waals surface area contributed by atoms with Crippen molar-refractivity contribution < 1.29 is 29.4 Å². The summed E-state index contributed by atoms with van der Waals surface area (Å²) in [5.41, 5.74) is 0. The fourth-order valence-corrected chi connectivity index (χ4v) is 9.06. The predicted molar refractivity (Wildman–Crippen MR) is 99.2 cm³/mol. The quantitative estimate of drug-likeness (QED) is 0.580. The molecule has 3 aliphatic heterocycles. The van der Waals surface area contributed by atoms with Crippen molar-refractivity contribution in [3.05, 3.63) is 0 Å². The van der Waals surface area contributed by atoms with Crippen molar-refractivity contribution in [1.82, 2.24) is 15.1 Å². The topological polar surface area (TPSA) is 127 Å². The summed E-state index contributed by atoms with van der Waals surface area (Å²) in [6.45, 7) is 5.95. The molecule has 0 aromatic heterocycles. The molecule has 0 spiro atoms. The number of aliphatic carboxylic acids is 1. The Bertz CT molecular complexity index is 698. The average molecular weight is 401 g/mol. The van der Waals surface area contributed by atoms with Gasteiger partial charge in [0, 0.05) is 17.8 Å². The van der Waals surface area contributed by atoms with Gasteiger partial charge in [-0.1, -0.05) is 0 Å². The van der Waals surface area contributed by atoms with Gasteiger partial charge in [0.25, 0.3) is 5.24 Å². The molecule has 3 saturated heterocycles. The maximum absolute atomic E-state index is 13.7. The molecule has 27 heavy (non-hydrogen) atoms. The number of hydrogen-bond donors (Lipinski definition) is 3. The van der Waals surface area contributed by atoms with Gasteiger partial charge in [-0.2, -0.15) is 0 Å². The Morgan fingerprint density at radius 3 is 2.48 bits per heavy atom. The van der Waals surface area contributed by atoms with E-state index in [1.54, 1.807) is 20.8 Å². The molecule has 3 N–H and O–H groups in total. The summed E-state index contributed by atoms with van der Waals surface area (Å²) in [4.78, 5) is 52.9. The van der Waals surface area contributed by atoms with E-state index in [-0.39, 0.29) is 23.5 Å². The van der Waals surface area contributed by atoms with Crippen LogP contribution in [0, 0.1) is 0 Å². The first-order chi connectivity index (χ1) is 12.6. The van der Waals surface area contributed by atoms with Crippen molar-refractivity contribution in [2.45, 2.75) is 62.2 Å². The molecule has 0 aliphatic carbocycles. The fourth-order valence-electron chi connectivity index (χ4n) is 4.76. The van der Waals surface area contributed by atoms with E-state index in [0.29, 0.717) is 25.9 Å². The number of β-lactam (4-membered cyclic amide) rings is 1. The summed E-state index contributed by atoms with van der Waals surface area (Å²) >= 11 is 0. The molecule has 10 heteroatoms. The van der Waals surface area contributed by atoms with Gasteiger partial charge in [-0.15, -0.1) is 10.0 Å². The lowest BCUT2D eigenvalue weighted by atomic mass is 9.98. The van der Waals surface area contributed by atoms with E-state index in [0.717, 1.165) is 0 Å². The lowest BCUT2D eigenvalue weighted by molar-refractivity contribution is -0.157. The van der Waals surface area contributed by atoms with E-state index >= 15 is 0 Å². The average Bonchev–Trinajstić information content (AvgIpc) is 3.13. The van der Waals surface area contributed by atoms with E-state index in [4.69, 9.17) is 0 Å². The van der Waals surface area contributed by atoms with Crippen LogP contribution in [0.15, 0.2) is 0 Å². The molecule has 3 amide bonds. The van der Waals surface area contributed by atoms with Crippen molar-refractivity contribution in [1.29, 1.82) is 0 Å². The third kappa shape index (κ3) is 2.49. The summed E-state index contributed by atoms with van der Waals surface area (Å²) in [7, 11) is -2.60. The van der Waals surface area contributed by atoms with Crippen LogP contribution in [0.2, 0.25) is 0 Å². The highest BCUT2D eigenvalue weighted by molar-refractivity contribution is 8.46. The number of carbonyl (C=O) groups excluding carboxylic acids is 3. The molecule has 0 radical (unpaired) electrons. The first-order valence-corrected chi connectivity index (χ1v) is 11.0. The normalized spacial score (nSPS) is 36.6. The first kappa shape index (κ1) is 19.9. The molecule has 3 heterocycles. The van der Waals surface area contributed by atoms with Crippen molar-refractivity contribution >= 4 is 33.1 Å². The molecule has 0 bridgehead atoms. The standard InChI is InChI=1S/C17H27N3O6S/c1-4-18-14(23)10-6-5-7-19(10)16(26)27(9-21)12-8-11(22)20(12)13(15(24)25)17(27,2)3/h10,12-13,21H,4-9H2,1-3H3,(H,18,23)(H,24,25)/t10-,12+,13-/m0/s1. The Balaban J connectivity index is 2.02. The molecule has 0 aromatic rings. The molecule has 3 rings (SSSR count). The fraction of sp³-hybridized carbons (Fsp3) is 0.765. The maximum Gasteiger partial charge on any atom is 0.327 e. The summed E-state index contributed by atoms with van der Waals surface area (Å²) in [6, 6.07) is -1.77. The Labute approximate surface area is 159 Å². The van der Waals surface area contributed by atoms with E-state index in [9.17, 15) is 29.4 Å². The summed E-state index contributed by atoms with van der Waals surface area (Å²) in [6.07, 6.45) is 1.27. The number of nitrogens with one attached hydrogen (secondary N) is 1. The lowest BCUT2D eigenvalue weighted by Crippen LogP contribution is -2.57. The third-order valence-corrected chi connectivity index (χ3v) is 10.9. The molecular weight excluding hydrogens is 374 g/mol. The zero-order chi connectivity index (χ0) is 20.1. The lowest BCUT2D eigenvalue weighted by Gasteiger charge is -2.51. The minimum Gasteiger partial charge on any atom is -0.480 e. The number of carboxylic acids is 1. The Morgan fingerprint density at radius 1 is 1.33 bits per heavy atom. The second-order valence-corrected chi connectivity index (χ2v) is 11.5. The van der Waals surface area contributed by atoms with Crippen molar-refractivity contribution in [3.8, 4) is 0 Å². The van der Waals surface area contributed by atoms with Gasteiger partial charge in [0.2, 0.25) is 11.8 Å². The zero-order valence-electron chi connectivity index (χ0n) is 15.8. The number of fused-ring (bicyclic) bond motifs is 1. The van der Waals surface area contributed by atoms with Crippen LogP contribution in [0.3, 0.4) is 0 Å². The number of hydrogen-bond acceptors (Lipinski definition) is 5. The Morgan fingerprint density at radius 2 is 2.00 bits per heavy atom. The highest BCUT2D eigenvalue weighted by atomic mass is 32.3. The van der Waals surface area contributed by atoms with Crippen LogP contribution < -0.4 is 5.32 Å². The van der Waals surface area contributed by atoms with E-state index in [2.05, 4.69) is 5.32 Å². The van der Waals surface area contributed by atoms with Crippen LogP contribution in [0.25, 0.3) is 0 Å². The van der Waals surface area contributed by atoms with Crippen LogP contribution in [-0.4, -0.2) is 84.3 Å². The van der Waals surface area contributed by atoms with Crippen LogP contribution >= 0.6 is 10.0 Å². The van der Waals surface area contributed by atoms with Gasteiger partial charge in [-0.25, -0.2) is 4.79 Å². The van der Waals surface area contributed by atoms with Crippen molar-refractivity contribution in [3.63, 3.8) is 0 Å². The molecule has 3 aliphatic rings. The molecule has 3 fully saturated rings. The van der Waals surface area contributed by atoms with Gasteiger partial charge < -0.3 is 25.3 Å². The minimum atomic E-state index is -2.60. The number of amides is 3. The van der Waals surface area contributed by atoms with E-state index in [1.807, 2.05) is 0 Å². The SMILES string of the molecule is CCNC(=O)[C@@H]1CCCN1C(=O)S1(CO)[C@@H]2CC(=O)N2[C@@H](C(=O)O)C1(C)C. The van der Waals surface area contributed by atoms with Crippen LogP contribution in [0.4, 0.5) is 4.79 Å². The van der Waals surface area contributed by atoms with E-state index in [1.165, 1.54) is 9.80 Å². The van der Waals surface area contributed by atoms with Crippen LogP contribution in [0.1, 0.15) is 40.0 Å². The number of aliphatic hydroxyl groups is 1.